The normalized spacial score (nSPS) is 10.5. The summed E-state index contributed by atoms with van der Waals surface area (Å²) < 4.78 is 14.1. The fourth-order valence-electron chi connectivity index (χ4n) is 2.14. The zero-order valence-electron chi connectivity index (χ0n) is 11.2. The third-order valence-corrected chi connectivity index (χ3v) is 3.02. The van der Waals surface area contributed by atoms with Crippen LogP contribution in [-0.2, 0) is 6.42 Å². The van der Waals surface area contributed by atoms with Gasteiger partial charge in [0.15, 0.2) is 5.69 Å². The average molecular weight is 253 g/mol. The Morgan fingerprint density at radius 1 is 1.16 bits per heavy atom. The minimum Gasteiger partial charge on any atom is -0.238 e. The van der Waals surface area contributed by atoms with Gasteiger partial charge in [-0.05, 0) is 35.1 Å². The number of para-hydroxylation sites is 1. The van der Waals surface area contributed by atoms with Crippen molar-refractivity contribution < 1.29 is 4.39 Å². The van der Waals surface area contributed by atoms with Gasteiger partial charge in [-0.1, -0.05) is 50.2 Å². The van der Waals surface area contributed by atoms with Gasteiger partial charge in [0.25, 0.3) is 0 Å². The number of nitrogens with zero attached hydrogens (tertiary/aromatic N) is 1. The van der Waals surface area contributed by atoms with Gasteiger partial charge in [-0.2, -0.15) is 0 Å². The van der Waals surface area contributed by atoms with Gasteiger partial charge < -0.3 is 0 Å². The van der Waals surface area contributed by atoms with Crippen molar-refractivity contribution in [3.05, 3.63) is 65.3 Å². The van der Waals surface area contributed by atoms with Gasteiger partial charge in [-0.15, -0.1) is 0 Å². The van der Waals surface area contributed by atoms with Crippen LogP contribution in [0.25, 0.3) is 16.0 Å². The standard InChI is InChI=1S/C17H16FN/c1-12(2)10-14-9-8-13(11-16(14)18)15-6-4-5-7-17(15)19-3/h4-9,11-12H,10H2,1-2H3. The molecule has 2 rings (SSSR count). The Morgan fingerprint density at radius 3 is 2.53 bits per heavy atom. The van der Waals surface area contributed by atoms with E-state index in [1.165, 1.54) is 6.07 Å². The molecule has 0 aliphatic heterocycles. The molecule has 0 amide bonds. The minimum absolute atomic E-state index is 0.189. The van der Waals surface area contributed by atoms with Crippen molar-refractivity contribution in [2.75, 3.05) is 0 Å². The first kappa shape index (κ1) is 13.3. The van der Waals surface area contributed by atoms with Crippen LogP contribution in [0.3, 0.4) is 0 Å². The van der Waals surface area contributed by atoms with Gasteiger partial charge in [-0.3, -0.25) is 0 Å². The molecule has 96 valence electrons. The smallest absolute Gasteiger partial charge is 0.194 e. The molecule has 0 atom stereocenters. The molecule has 0 saturated heterocycles. The molecule has 0 bridgehead atoms. The molecule has 0 aliphatic carbocycles. The minimum atomic E-state index is -0.189. The molecule has 0 saturated carbocycles. The highest BCUT2D eigenvalue weighted by atomic mass is 19.1. The van der Waals surface area contributed by atoms with E-state index in [9.17, 15) is 4.39 Å². The summed E-state index contributed by atoms with van der Waals surface area (Å²) in [5.74, 6) is 0.238. The second-order valence-electron chi connectivity index (χ2n) is 5.03. The predicted molar refractivity (Wildman–Crippen MR) is 76.6 cm³/mol. The van der Waals surface area contributed by atoms with Gasteiger partial charge in [-0.25, -0.2) is 9.24 Å². The molecule has 2 aromatic carbocycles. The monoisotopic (exact) mass is 253 g/mol. The molecule has 2 aromatic rings. The molecule has 0 aliphatic rings. The van der Waals surface area contributed by atoms with Gasteiger partial charge in [0, 0.05) is 0 Å². The van der Waals surface area contributed by atoms with Crippen LogP contribution in [0.4, 0.5) is 10.1 Å². The first-order chi connectivity index (χ1) is 9.11. The van der Waals surface area contributed by atoms with Crippen LogP contribution < -0.4 is 0 Å². The largest absolute Gasteiger partial charge is 0.238 e. The van der Waals surface area contributed by atoms with Crippen LogP contribution in [0.1, 0.15) is 19.4 Å². The maximum atomic E-state index is 14.1. The van der Waals surface area contributed by atoms with Crippen LogP contribution in [0.5, 0.6) is 0 Å². The van der Waals surface area contributed by atoms with Crippen LogP contribution in [-0.4, -0.2) is 0 Å². The lowest BCUT2D eigenvalue weighted by Gasteiger charge is -2.09. The van der Waals surface area contributed by atoms with Crippen LogP contribution in [0.2, 0.25) is 0 Å². The summed E-state index contributed by atoms with van der Waals surface area (Å²) in [5.41, 5.74) is 2.83. The Hall–Kier alpha value is -2.14. The van der Waals surface area contributed by atoms with Gasteiger partial charge in [0.1, 0.15) is 5.82 Å². The molecule has 1 nitrogen and oxygen atoms in total. The summed E-state index contributed by atoms with van der Waals surface area (Å²) in [6, 6.07) is 12.5. The van der Waals surface area contributed by atoms with E-state index in [4.69, 9.17) is 6.57 Å². The van der Waals surface area contributed by atoms with E-state index in [-0.39, 0.29) is 5.82 Å². The topological polar surface area (TPSA) is 4.36 Å². The highest BCUT2D eigenvalue weighted by Crippen LogP contribution is 2.31. The van der Waals surface area contributed by atoms with Crippen molar-refractivity contribution in [3.8, 4) is 11.1 Å². The van der Waals surface area contributed by atoms with E-state index >= 15 is 0 Å². The predicted octanol–water partition coefficient (Wildman–Crippen LogP) is 5.24. The molecule has 0 fully saturated rings. The number of hydrogen-bond donors (Lipinski definition) is 0. The van der Waals surface area contributed by atoms with E-state index in [1.54, 1.807) is 6.07 Å². The maximum Gasteiger partial charge on any atom is 0.194 e. The van der Waals surface area contributed by atoms with Crippen LogP contribution >= 0.6 is 0 Å². The third-order valence-electron chi connectivity index (χ3n) is 3.02. The molecule has 0 N–H and O–H groups in total. The fourth-order valence-corrected chi connectivity index (χ4v) is 2.14. The second-order valence-corrected chi connectivity index (χ2v) is 5.03. The number of benzene rings is 2. The number of rotatable bonds is 3. The summed E-state index contributed by atoms with van der Waals surface area (Å²) in [6.45, 7) is 11.3. The Labute approximate surface area is 113 Å². The first-order valence-corrected chi connectivity index (χ1v) is 6.37. The maximum absolute atomic E-state index is 14.1. The summed E-state index contributed by atoms with van der Waals surface area (Å²) in [7, 11) is 0. The van der Waals surface area contributed by atoms with Crippen molar-refractivity contribution in [3.63, 3.8) is 0 Å². The van der Waals surface area contributed by atoms with Crippen molar-refractivity contribution in [1.29, 1.82) is 0 Å². The first-order valence-electron chi connectivity index (χ1n) is 6.37. The average Bonchev–Trinajstić information content (AvgIpc) is 2.40. The quantitative estimate of drug-likeness (QED) is 0.659. The molecule has 0 radical (unpaired) electrons. The molecule has 0 heterocycles. The van der Waals surface area contributed by atoms with E-state index in [2.05, 4.69) is 18.7 Å². The van der Waals surface area contributed by atoms with Crippen LogP contribution in [0.15, 0.2) is 42.5 Å². The lowest BCUT2D eigenvalue weighted by Crippen LogP contribution is -1.97. The van der Waals surface area contributed by atoms with E-state index in [0.29, 0.717) is 11.6 Å². The lowest BCUT2D eigenvalue weighted by molar-refractivity contribution is 0.574. The van der Waals surface area contributed by atoms with Crippen molar-refractivity contribution >= 4 is 5.69 Å². The summed E-state index contributed by atoms with van der Waals surface area (Å²) >= 11 is 0. The Balaban J connectivity index is 2.42. The highest BCUT2D eigenvalue weighted by Gasteiger charge is 2.09. The summed E-state index contributed by atoms with van der Waals surface area (Å²) in [5, 5.41) is 0. The third kappa shape index (κ3) is 3.00. The molecule has 0 unspecified atom stereocenters. The van der Waals surface area contributed by atoms with E-state index < -0.39 is 0 Å². The fraction of sp³-hybridized carbons (Fsp3) is 0.235. The van der Waals surface area contributed by atoms with Crippen molar-refractivity contribution in [2.45, 2.75) is 20.3 Å². The number of halogens is 1. The zero-order chi connectivity index (χ0) is 13.8. The lowest BCUT2D eigenvalue weighted by atomic mass is 9.98. The molecular weight excluding hydrogens is 237 g/mol. The molecule has 0 spiro atoms. The van der Waals surface area contributed by atoms with Gasteiger partial charge in [0.05, 0.1) is 6.57 Å². The molecular formula is C17H16FN. The van der Waals surface area contributed by atoms with E-state index in [1.807, 2.05) is 30.3 Å². The Morgan fingerprint density at radius 2 is 1.89 bits per heavy atom. The van der Waals surface area contributed by atoms with Crippen molar-refractivity contribution in [1.82, 2.24) is 0 Å². The zero-order valence-corrected chi connectivity index (χ0v) is 11.2. The SMILES string of the molecule is [C-]#[N+]c1ccccc1-c1ccc(CC(C)C)c(F)c1. The van der Waals surface area contributed by atoms with Crippen molar-refractivity contribution in [2.24, 2.45) is 5.92 Å². The Bertz CT molecular complexity index is 623. The molecule has 0 aromatic heterocycles. The van der Waals surface area contributed by atoms with E-state index in [0.717, 1.165) is 23.1 Å². The second kappa shape index (κ2) is 5.67. The summed E-state index contributed by atoms with van der Waals surface area (Å²) in [6.07, 6.45) is 0.733. The van der Waals surface area contributed by atoms with Crippen LogP contribution in [0, 0.1) is 18.3 Å². The van der Waals surface area contributed by atoms with Gasteiger partial charge in [0.2, 0.25) is 0 Å². The Kier molecular flexibility index (Phi) is 3.97. The highest BCUT2D eigenvalue weighted by molar-refractivity contribution is 5.78. The van der Waals surface area contributed by atoms with Gasteiger partial charge >= 0.3 is 0 Å². The number of hydrogen-bond acceptors (Lipinski definition) is 0. The molecule has 19 heavy (non-hydrogen) atoms. The summed E-state index contributed by atoms with van der Waals surface area (Å²) in [4.78, 5) is 3.47. The molecule has 2 heteroatoms.